The molecule has 1 aromatic rings. The fourth-order valence-electron chi connectivity index (χ4n) is 1.27. The van der Waals surface area contributed by atoms with Crippen molar-refractivity contribution in [3.63, 3.8) is 0 Å². The van der Waals surface area contributed by atoms with Crippen LogP contribution in [0.4, 0.5) is 11.5 Å². The topological polar surface area (TPSA) is 106 Å². The van der Waals surface area contributed by atoms with Gasteiger partial charge < -0.3 is 5.73 Å². The lowest BCUT2D eigenvalue weighted by atomic mass is 10.1. The van der Waals surface area contributed by atoms with E-state index in [2.05, 4.69) is 4.98 Å². The Balaban J connectivity index is 3.62. The van der Waals surface area contributed by atoms with Gasteiger partial charge in [0.25, 0.3) is 0 Å². The summed E-state index contributed by atoms with van der Waals surface area (Å²) in [5.74, 6) is -0.149. The molecule has 0 spiro atoms. The first-order valence-corrected chi connectivity index (χ1v) is 3.80. The highest BCUT2D eigenvalue weighted by Gasteiger charge is 2.21. The monoisotopic (exact) mass is 192 g/mol. The number of aromatic nitrogens is 1. The van der Waals surface area contributed by atoms with E-state index in [1.54, 1.807) is 6.92 Å². The summed E-state index contributed by atoms with van der Waals surface area (Å²) in [6.45, 7) is 3.08. The van der Waals surface area contributed by atoms with Gasteiger partial charge >= 0.3 is 5.69 Å². The summed E-state index contributed by atoms with van der Waals surface area (Å²) in [5, 5.41) is 19.3. The maximum Gasteiger partial charge on any atom is 0.315 e. The third-order valence-corrected chi connectivity index (χ3v) is 1.92. The van der Waals surface area contributed by atoms with Crippen LogP contribution in [0.15, 0.2) is 0 Å². The fourth-order valence-corrected chi connectivity index (χ4v) is 1.27. The summed E-state index contributed by atoms with van der Waals surface area (Å²) in [7, 11) is 0. The molecule has 1 aromatic heterocycles. The zero-order valence-corrected chi connectivity index (χ0v) is 7.74. The van der Waals surface area contributed by atoms with Crippen molar-refractivity contribution in [2.24, 2.45) is 0 Å². The van der Waals surface area contributed by atoms with Crippen molar-refractivity contribution in [3.8, 4) is 6.07 Å². The van der Waals surface area contributed by atoms with Gasteiger partial charge in [-0.05, 0) is 13.8 Å². The maximum atomic E-state index is 10.6. The summed E-state index contributed by atoms with van der Waals surface area (Å²) in [6, 6.07) is 1.86. The second kappa shape index (κ2) is 3.30. The van der Waals surface area contributed by atoms with E-state index >= 15 is 0 Å². The molecular weight excluding hydrogens is 184 g/mol. The molecule has 0 unspecified atom stereocenters. The zero-order chi connectivity index (χ0) is 10.9. The van der Waals surface area contributed by atoms with Crippen LogP contribution >= 0.6 is 0 Å². The van der Waals surface area contributed by atoms with Gasteiger partial charge in [0.15, 0.2) is 0 Å². The van der Waals surface area contributed by atoms with Crippen molar-refractivity contribution >= 4 is 11.5 Å². The van der Waals surface area contributed by atoms with Crippen LogP contribution in [0.25, 0.3) is 0 Å². The van der Waals surface area contributed by atoms with E-state index in [0.717, 1.165) is 0 Å². The lowest BCUT2D eigenvalue weighted by molar-refractivity contribution is -0.384. The van der Waals surface area contributed by atoms with Crippen LogP contribution in [0.5, 0.6) is 0 Å². The lowest BCUT2D eigenvalue weighted by Crippen LogP contribution is -2.05. The quantitative estimate of drug-likeness (QED) is 0.528. The molecule has 0 aromatic carbocycles. The number of aryl methyl sites for hydroxylation is 1. The molecule has 1 rings (SSSR count). The molecule has 2 N–H and O–H groups in total. The van der Waals surface area contributed by atoms with E-state index in [0.29, 0.717) is 5.69 Å². The molecule has 1 heterocycles. The maximum absolute atomic E-state index is 10.6. The molecule has 0 amide bonds. The van der Waals surface area contributed by atoms with Crippen LogP contribution in [-0.4, -0.2) is 9.91 Å². The Morgan fingerprint density at radius 3 is 2.57 bits per heavy atom. The second-order valence-corrected chi connectivity index (χ2v) is 2.80. The minimum Gasteiger partial charge on any atom is -0.378 e. The van der Waals surface area contributed by atoms with Crippen molar-refractivity contribution < 1.29 is 4.92 Å². The van der Waals surface area contributed by atoms with Gasteiger partial charge in [-0.15, -0.1) is 0 Å². The van der Waals surface area contributed by atoms with Crippen molar-refractivity contribution in [1.29, 1.82) is 5.26 Å². The smallest absolute Gasteiger partial charge is 0.315 e. The standard InChI is InChI=1S/C8H8N4O2/c1-4-6(3-9)5(2)11-8(10)7(4)12(13)14/h1-2H3,(H2,10,11). The number of hydrogen-bond acceptors (Lipinski definition) is 5. The molecule has 0 aliphatic carbocycles. The average molecular weight is 192 g/mol. The van der Waals surface area contributed by atoms with Crippen LogP contribution in [0.2, 0.25) is 0 Å². The molecule has 0 aliphatic rings. The van der Waals surface area contributed by atoms with Gasteiger partial charge in [-0.2, -0.15) is 5.26 Å². The highest BCUT2D eigenvalue weighted by molar-refractivity contribution is 5.63. The summed E-state index contributed by atoms with van der Waals surface area (Å²) in [4.78, 5) is 13.7. The molecule has 6 heteroatoms. The van der Waals surface area contributed by atoms with Crippen LogP contribution in [0.3, 0.4) is 0 Å². The summed E-state index contributed by atoms with van der Waals surface area (Å²) < 4.78 is 0. The zero-order valence-electron chi connectivity index (χ0n) is 7.74. The molecule has 0 bridgehead atoms. The van der Waals surface area contributed by atoms with Gasteiger partial charge in [0.1, 0.15) is 6.07 Å². The molecule has 72 valence electrons. The molecular formula is C8H8N4O2. The average Bonchev–Trinajstić information content (AvgIpc) is 2.02. The van der Waals surface area contributed by atoms with Gasteiger partial charge in [0.05, 0.1) is 21.7 Å². The third kappa shape index (κ3) is 1.35. The summed E-state index contributed by atoms with van der Waals surface area (Å²) in [5.41, 5.74) is 5.99. The van der Waals surface area contributed by atoms with Gasteiger partial charge in [-0.3, -0.25) is 10.1 Å². The molecule has 6 nitrogen and oxygen atoms in total. The number of nitrogens with two attached hydrogens (primary N) is 1. The minimum absolute atomic E-state index is 0.149. The predicted molar refractivity (Wildman–Crippen MR) is 49.5 cm³/mol. The number of nitriles is 1. The molecule has 14 heavy (non-hydrogen) atoms. The molecule has 0 atom stereocenters. The van der Waals surface area contributed by atoms with Crippen LogP contribution in [-0.2, 0) is 0 Å². The number of nitro groups is 1. The van der Waals surface area contributed by atoms with Crippen LogP contribution < -0.4 is 5.73 Å². The first kappa shape index (κ1) is 9.92. The van der Waals surface area contributed by atoms with Crippen molar-refractivity contribution in [2.75, 3.05) is 5.73 Å². The molecule has 0 saturated carbocycles. The number of anilines is 1. The fraction of sp³-hybridized carbons (Fsp3) is 0.250. The van der Waals surface area contributed by atoms with E-state index in [4.69, 9.17) is 11.0 Å². The Bertz CT molecular complexity index is 448. The number of pyridine rings is 1. The van der Waals surface area contributed by atoms with E-state index in [1.807, 2.05) is 6.07 Å². The van der Waals surface area contributed by atoms with E-state index in [9.17, 15) is 10.1 Å². The Hall–Kier alpha value is -2.16. The van der Waals surface area contributed by atoms with E-state index in [-0.39, 0.29) is 22.6 Å². The van der Waals surface area contributed by atoms with Gasteiger partial charge in [-0.25, -0.2) is 4.98 Å². The third-order valence-electron chi connectivity index (χ3n) is 1.92. The number of hydrogen-bond donors (Lipinski definition) is 1. The molecule has 0 aliphatic heterocycles. The molecule has 0 fully saturated rings. The van der Waals surface area contributed by atoms with E-state index < -0.39 is 4.92 Å². The van der Waals surface area contributed by atoms with E-state index in [1.165, 1.54) is 6.92 Å². The van der Waals surface area contributed by atoms with Crippen molar-refractivity contribution in [1.82, 2.24) is 4.98 Å². The minimum atomic E-state index is -0.627. The second-order valence-electron chi connectivity index (χ2n) is 2.80. The first-order valence-electron chi connectivity index (χ1n) is 3.80. The summed E-state index contributed by atoms with van der Waals surface area (Å²) in [6.07, 6.45) is 0. The highest BCUT2D eigenvalue weighted by Crippen LogP contribution is 2.27. The Morgan fingerprint density at radius 1 is 1.57 bits per heavy atom. The summed E-state index contributed by atoms with van der Waals surface area (Å²) >= 11 is 0. The molecule has 0 saturated heterocycles. The highest BCUT2D eigenvalue weighted by atomic mass is 16.6. The van der Waals surface area contributed by atoms with Gasteiger partial charge in [0.2, 0.25) is 5.82 Å². The Kier molecular flexibility index (Phi) is 2.34. The first-order chi connectivity index (χ1) is 6.49. The number of rotatable bonds is 1. The largest absolute Gasteiger partial charge is 0.378 e. The Morgan fingerprint density at radius 2 is 2.14 bits per heavy atom. The lowest BCUT2D eigenvalue weighted by Gasteiger charge is -2.04. The van der Waals surface area contributed by atoms with Crippen molar-refractivity contribution in [3.05, 3.63) is 26.9 Å². The Labute approximate surface area is 80.1 Å². The van der Waals surface area contributed by atoms with Gasteiger partial charge in [0, 0.05) is 0 Å². The van der Waals surface area contributed by atoms with Crippen molar-refractivity contribution in [2.45, 2.75) is 13.8 Å². The SMILES string of the molecule is Cc1nc(N)c([N+](=O)[O-])c(C)c1C#N. The normalized spacial score (nSPS) is 9.50. The van der Waals surface area contributed by atoms with Crippen LogP contribution in [0, 0.1) is 35.3 Å². The molecule has 0 radical (unpaired) electrons. The number of nitrogens with zero attached hydrogens (tertiary/aromatic N) is 3. The number of nitrogen functional groups attached to an aromatic ring is 1. The van der Waals surface area contributed by atoms with Crippen LogP contribution in [0.1, 0.15) is 16.8 Å². The predicted octanol–water partition coefficient (Wildman–Crippen LogP) is 1.06. The van der Waals surface area contributed by atoms with Gasteiger partial charge in [-0.1, -0.05) is 0 Å².